The van der Waals surface area contributed by atoms with Crippen molar-refractivity contribution in [2.45, 2.75) is 44.2 Å². The molecule has 0 spiro atoms. The molecule has 0 aliphatic carbocycles. The molecule has 4 nitrogen and oxygen atoms in total. The number of aromatic nitrogens is 1. The van der Waals surface area contributed by atoms with Gasteiger partial charge in [0.05, 0.1) is 7.11 Å². The predicted molar refractivity (Wildman–Crippen MR) is 72.4 cm³/mol. The van der Waals surface area contributed by atoms with Crippen LogP contribution in [0, 0.1) is 5.92 Å². The van der Waals surface area contributed by atoms with Gasteiger partial charge in [0.2, 0.25) is 0 Å². The Morgan fingerprint density at radius 1 is 1.37 bits per heavy atom. The maximum atomic E-state index is 12.6. The molecule has 3 rings (SSSR count). The van der Waals surface area contributed by atoms with Gasteiger partial charge in [-0.05, 0) is 37.8 Å². The van der Waals surface area contributed by atoms with Gasteiger partial charge in [0.25, 0.3) is 0 Å². The van der Waals surface area contributed by atoms with Crippen LogP contribution in [-0.4, -0.2) is 30.0 Å². The summed E-state index contributed by atoms with van der Waals surface area (Å²) in [5.41, 5.74) is 0.495. The van der Waals surface area contributed by atoms with Crippen LogP contribution in [-0.2, 0) is 0 Å². The summed E-state index contributed by atoms with van der Waals surface area (Å²) in [6, 6.07) is 4.63. The minimum absolute atomic E-state index is 0.0975. The van der Waals surface area contributed by atoms with Gasteiger partial charge in [-0.15, -0.1) is 0 Å². The van der Waals surface area contributed by atoms with Crippen LogP contribution in [0.25, 0.3) is 0 Å². The summed E-state index contributed by atoms with van der Waals surface area (Å²) in [6.07, 6.45) is 7.22. The van der Waals surface area contributed by atoms with Gasteiger partial charge in [-0.3, -0.25) is 4.79 Å². The van der Waals surface area contributed by atoms with Crippen LogP contribution in [0.4, 0.5) is 0 Å². The number of fused-ring (bicyclic) bond motifs is 2. The fourth-order valence-corrected chi connectivity index (χ4v) is 3.41. The first-order chi connectivity index (χ1) is 9.28. The van der Waals surface area contributed by atoms with E-state index >= 15 is 0 Å². The number of methoxy groups -OCH3 is 1. The maximum Gasteiger partial charge on any atom is 0.188 e. The molecule has 0 aromatic carbocycles. The number of piperidine rings is 2. The predicted octanol–water partition coefficient (Wildman–Crippen LogP) is 2.19. The Labute approximate surface area is 113 Å². The molecule has 19 heavy (non-hydrogen) atoms. The van der Waals surface area contributed by atoms with Crippen molar-refractivity contribution >= 4 is 5.78 Å². The van der Waals surface area contributed by atoms with Crippen molar-refractivity contribution in [1.82, 2.24) is 10.3 Å². The Hall–Kier alpha value is -1.42. The lowest BCUT2D eigenvalue weighted by atomic mass is 9.78. The largest absolute Gasteiger partial charge is 0.494 e. The molecule has 2 unspecified atom stereocenters. The highest BCUT2D eigenvalue weighted by Crippen LogP contribution is 2.32. The highest BCUT2D eigenvalue weighted by Gasteiger charge is 2.36. The van der Waals surface area contributed by atoms with Crippen molar-refractivity contribution in [2.24, 2.45) is 5.92 Å². The number of nitrogens with zero attached hydrogens (tertiary/aromatic N) is 1. The van der Waals surface area contributed by atoms with Crippen LogP contribution in [0.15, 0.2) is 18.3 Å². The zero-order chi connectivity index (χ0) is 13.2. The topological polar surface area (TPSA) is 51.2 Å². The first kappa shape index (κ1) is 12.6. The van der Waals surface area contributed by atoms with Crippen molar-refractivity contribution in [1.29, 1.82) is 0 Å². The molecule has 3 heterocycles. The Bertz CT molecular complexity index is 463. The number of carbonyl (C=O) groups is 1. The molecule has 1 N–H and O–H groups in total. The van der Waals surface area contributed by atoms with E-state index in [2.05, 4.69) is 10.3 Å². The molecular weight excluding hydrogens is 240 g/mol. The molecule has 1 aromatic heterocycles. The fourth-order valence-electron chi connectivity index (χ4n) is 3.41. The molecule has 2 atom stereocenters. The van der Waals surface area contributed by atoms with E-state index < -0.39 is 0 Å². The Morgan fingerprint density at radius 3 is 2.79 bits per heavy atom. The number of nitrogens with one attached hydrogen (secondary N) is 1. The number of rotatable bonds is 3. The minimum atomic E-state index is 0.0975. The summed E-state index contributed by atoms with van der Waals surface area (Å²) in [4.78, 5) is 16.9. The lowest BCUT2D eigenvalue weighted by molar-refractivity contribution is 0.0816. The van der Waals surface area contributed by atoms with Gasteiger partial charge < -0.3 is 10.1 Å². The monoisotopic (exact) mass is 260 g/mol. The second-order valence-electron chi connectivity index (χ2n) is 5.58. The highest BCUT2D eigenvalue weighted by atomic mass is 16.5. The van der Waals surface area contributed by atoms with Crippen molar-refractivity contribution in [3.63, 3.8) is 0 Å². The van der Waals surface area contributed by atoms with E-state index in [0.29, 0.717) is 23.5 Å². The quantitative estimate of drug-likeness (QED) is 0.846. The van der Waals surface area contributed by atoms with Crippen molar-refractivity contribution in [3.05, 3.63) is 24.0 Å². The van der Waals surface area contributed by atoms with Crippen molar-refractivity contribution < 1.29 is 9.53 Å². The Balaban J connectivity index is 1.80. The lowest BCUT2D eigenvalue weighted by Crippen LogP contribution is -2.50. The molecule has 2 fully saturated rings. The number of hydrogen-bond acceptors (Lipinski definition) is 4. The molecule has 2 saturated heterocycles. The normalized spacial score (nSPS) is 29.8. The average molecular weight is 260 g/mol. The Morgan fingerprint density at radius 2 is 2.11 bits per heavy atom. The van der Waals surface area contributed by atoms with Gasteiger partial charge in [0.1, 0.15) is 11.4 Å². The number of ketones is 1. The summed E-state index contributed by atoms with van der Waals surface area (Å²) >= 11 is 0. The lowest BCUT2D eigenvalue weighted by Gasteiger charge is -2.39. The molecule has 4 heteroatoms. The van der Waals surface area contributed by atoms with E-state index in [9.17, 15) is 4.79 Å². The first-order valence-electron chi connectivity index (χ1n) is 7.07. The smallest absolute Gasteiger partial charge is 0.188 e. The first-order valence-corrected chi connectivity index (χ1v) is 7.07. The van der Waals surface area contributed by atoms with E-state index in [1.807, 2.05) is 6.07 Å². The van der Waals surface area contributed by atoms with Crippen LogP contribution in [0.5, 0.6) is 5.75 Å². The van der Waals surface area contributed by atoms with Crippen LogP contribution in [0.2, 0.25) is 0 Å². The van der Waals surface area contributed by atoms with Gasteiger partial charge in [-0.25, -0.2) is 4.98 Å². The zero-order valence-corrected chi connectivity index (χ0v) is 11.3. The van der Waals surface area contributed by atoms with Crippen LogP contribution < -0.4 is 10.1 Å². The third-order valence-corrected chi connectivity index (χ3v) is 4.31. The van der Waals surface area contributed by atoms with E-state index in [1.54, 1.807) is 19.4 Å². The van der Waals surface area contributed by atoms with Gasteiger partial charge in [0, 0.05) is 24.2 Å². The van der Waals surface area contributed by atoms with Gasteiger partial charge in [0.15, 0.2) is 5.78 Å². The van der Waals surface area contributed by atoms with Gasteiger partial charge in [-0.1, -0.05) is 6.42 Å². The minimum Gasteiger partial charge on any atom is -0.494 e. The summed E-state index contributed by atoms with van der Waals surface area (Å²) in [5.74, 6) is 0.840. The molecule has 2 bridgehead atoms. The molecular formula is C15H20N2O2. The zero-order valence-electron chi connectivity index (χ0n) is 11.3. The fraction of sp³-hybridized carbons (Fsp3) is 0.600. The molecule has 0 amide bonds. The Kier molecular flexibility index (Phi) is 3.51. The number of ether oxygens (including phenoxy) is 1. The molecule has 1 aromatic rings. The standard InChI is InChI=1S/C15H20N2O2/c1-19-13-6-3-7-16-14(13)15(18)10-8-11-4-2-5-12(9-10)17-11/h3,6-7,10-12,17H,2,4-5,8-9H2,1H3. The number of hydrogen-bond donors (Lipinski definition) is 1. The van der Waals surface area contributed by atoms with Crippen molar-refractivity contribution in [2.75, 3.05) is 7.11 Å². The molecule has 2 aliphatic heterocycles. The van der Waals surface area contributed by atoms with Crippen molar-refractivity contribution in [3.8, 4) is 5.75 Å². The SMILES string of the molecule is COc1cccnc1C(=O)C1CC2CCCC(C1)N2. The third kappa shape index (κ3) is 2.50. The van der Waals surface area contributed by atoms with Crippen LogP contribution >= 0.6 is 0 Å². The number of Topliss-reactive ketones (excluding diaryl/α,β-unsaturated/α-hetero) is 1. The van der Waals surface area contributed by atoms with E-state index in [-0.39, 0.29) is 11.7 Å². The molecule has 2 aliphatic rings. The molecule has 0 saturated carbocycles. The summed E-state index contributed by atoms with van der Waals surface area (Å²) < 4.78 is 5.25. The number of pyridine rings is 1. The van der Waals surface area contributed by atoms with E-state index in [4.69, 9.17) is 4.74 Å². The highest BCUT2D eigenvalue weighted by molar-refractivity contribution is 5.98. The molecule has 0 radical (unpaired) electrons. The summed E-state index contributed by atoms with van der Waals surface area (Å²) in [5, 5.41) is 3.61. The van der Waals surface area contributed by atoms with Crippen LogP contribution in [0.1, 0.15) is 42.6 Å². The van der Waals surface area contributed by atoms with Crippen LogP contribution in [0.3, 0.4) is 0 Å². The van der Waals surface area contributed by atoms with Gasteiger partial charge >= 0.3 is 0 Å². The van der Waals surface area contributed by atoms with E-state index in [1.165, 1.54) is 19.3 Å². The second-order valence-corrected chi connectivity index (χ2v) is 5.58. The number of carbonyl (C=O) groups excluding carboxylic acids is 1. The summed E-state index contributed by atoms with van der Waals surface area (Å²) in [6.45, 7) is 0. The van der Waals surface area contributed by atoms with Gasteiger partial charge in [-0.2, -0.15) is 0 Å². The maximum absolute atomic E-state index is 12.6. The molecule has 102 valence electrons. The average Bonchev–Trinajstić information content (AvgIpc) is 2.46. The van der Waals surface area contributed by atoms with E-state index in [0.717, 1.165) is 12.8 Å². The third-order valence-electron chi connectivity index (χ3n) is 4.31. The second kappa shape index (κ2) is 5.29. The summed E-state index contributed by atoms with van der Waals surface area (Å²) in [7, 11) is 1.59.